The third-order valence-electron chi connectivity index (χ3n) is 5.91. The molecule has 4 rings (SSSR count). The lowest BCUT2D eigenvalue weighted by molar-refractivity contribution is -0.189. The summed E-state index contributed by atoms with van der Waals surface area (Å²) in [7, 11) is 0. The van der Waals surface area contributed by atoms with Gasteiger partial charge in [0.25, 0.3) is 0 Å². The van der Waals surface area contributed by atoms with Crippen LogP contribution in [0.4, 0.5) is 26.3 Å². The number of benzene rings is 4. The fourth-order valence-corrected chi connectivity index (χ4v) is 6.31. The van der Waals surface area contributed by atoms with Crippen LogP contribution < -0.4 is 4.74 Å². The molecule has 0 radical (unpaired) electrons. The van der Waals surface area contributed by atoms with Gasteiger partial charge in [-0.3, -0.25) is 0 Å². The maximum atomic E-state index is 15.2. The van der Waals surface area contributed by atoms with Crippen molar-refractivity contribution in [2.75, 3.05) is 0 Å². The molecule has 0 unspecified atom stereocenters. The maximum absolute atomic E-state index is 15.2. The molecule has 0 aliphatic carbocycles. The molecule has 4 aromatic rings. The van der Waals surface area contributed by atoms with Crippen LogP contribution >= 0.6 is 56.8 Å². The Kier molecular flexibility index (Phi) is 9.42. The fourth-order valence-electron chi connectivity index (χ4n) is 4.12. The highest BCUT2D eigenvalue weighted by molar-refractivity contribution is 14.1. The van der Waals surface area contributed by atoms with Gasteiger partial charge in [-0.15, -0.1) is 0 Å². The summed E-state index contributed by atoms with van der Waals surface area (Å²) in [5.74, 6) is -5.16. The van der Waals surface area contributed by atoms with E-state index in [1.54, 1.807) is 12.1 Å². The van der Waals surface area contributed by atoms with Gasteiger partial charge in [-0.25, -0.2) is 17.6 Å². The number of rotatable bonds is 8. The van der Waals surface area contributed by atoms with Crippen LogP contribution in [0.2, 0.25) is 5.02 Å². The fraction of sp³-hybridized carbons (Fsp3) is 0.172. The number of halogens is 9. The van der Waals surface area contributed by atoms with E-state index in [-0.39, 0.29) is 21.9 Å². The first-order valence-electron chi connectivity index (χ1n) is 11.7. The van der Waals surface area contributed by atoms with Crippen molar-refractivity contribution in [2.24, 2.45) is 0 Å². The van der Waals surface area contributed by atoms with Crippen LogP contribution in [-0.4, -0.2) is 0 Å². The molecular weight excluding hydrogens is 768 g/mol. The summed E-state index contributed by atoms with van der Waals surface area (Å²) in [6, 6.07) is 12.2. The number of unbranched alkanes of at least 4 members (excludes halogenated alkanes) is 1. The molecule has 204 valence electrons. The molecule has 0 saturated carbocycles. The summed E-state index contributed by atoms with van der Waals surface area (Å²) in [5, 5.41) is -0.276. The monoisotopic (exact) mass is 786 g/mol. The quantitative estimate of drug-likeness (QED) is 0.128. The van der Waals surface area contributed by atoms with Crippen LogP contribution in [0.5, 0.6) is 5.75 Å². The van der Waals surface area contributed by atoms with Crippen LogP contribution in [-0.2, 0) is 12.5 Å². The lowest BCUT2D eigenvalue weighted by Crippen LogP contribution is -2.25. The van der Waals surface area contributed by atoms with Gasteiger partial charge in [-0.1, -0.05) is 37.1 Å². The largest absolute Gasteiger partial charge is 0.432 e. The van der Waals surface area contributed by atoms with E-state index in [2.05, 4.69) is 4.74 Å². The summed E-state index contributed by atoms with van der Waals surface area (Å²) in [6.07, 6.45) is -1.83. The minimum Gasteiger partial charge on any atom is -0.429 e. The minimum atomic E-state index is -4.37. The molecule has 10 heteroatoms. The lowest BCUT2D eigenvalue weighted by Gasteiger charge is -2.20. The van der Waals surface area contributed by atoms with E-state index < -0.39 is 46.1 Å². The molecule has 0 aliphatic rings. The van der Waals surface area contributed by atoms with Gasteiger partial charge in [0.15, 0.2) is 0 Å². The number of aryl methyl sites for hydroxylation is 1. The molecule has 0 spiro atoms. The Bertz CT molecular complexity index is 1480. The van der Waals surface area contributed by atoms with Gasteiger partial charge in [0.1, 0.15) is 34.6 Å². The normalized spacial score (nSPS) is 11.6. The molecule has 0 heterocycles. The van der Waals surface area contributed by atoms with Crippen molar-refractivity contribution in [3.05, 3.63) is 107 Å². The van der Waals surface area contributed by atoms with Gasteiger partial charge >= 0.3 is 6.11 Å². The molecule has 1 nitrogen and oxygen atoms in total. The van der Waals surface area contributed by atoms with Crippen LogP contribution in [0.1, 0.15) is 30.9 Å². The third kappa shape index (κ3) is 6.84. The predicted octanol–water partition coefficient (Wildman–Crippen LogP) is 10.9. The zero-order valence-electron chi connectivity index (χ0n) is 20.2. The maximum Gasteiger partial charge on any atom is 0.432 e. The van der Waals surface area contributed by atoms with Gasteiger partial charge in [-0.2, -0.15) is 8.78 Å². The summed E-state index contributed by atoms with van der Waals surface area (Å²) in [6.45, 7) is 2.02. The number of alkyl halides is 2. The lowest BCUT2D eigenvalue weighted by atomic mass is 9.96. The molecular formula is C29H19ClF6I2O. The Balaban J connectivity index is 1.68. The second-order valence-corrected chi connectivity index (χ2v) is 11.7. The molecule has 39 heavy (non-hydrogen) atoms. The molecule has 0 N–H and O–H groups in total. The zero-order valence-corrected chi connectivity index (χ0v) is 25.3. The summed E-state index contributed by atoms with van der Waals surface area (Å²) in [5.41, 5.74) is -1.44. The van der Waals surface area contributed by atoms with E-state index >= 15 is 4.39 Å². The van der Waals surface area contributed by atoms with E-state index in [9.17, 15) is 22.0 Å². The standard InChI is InChI=1S/C29H19ClF6I2O/c1-2-3-4-15-5-6-21(23(31)7-15)16-8-22(30)27(24(32)9-16)17-10-25(33)28(26(34)11-17)29(35,36)39-20-13-18(37)12-19(38)14-20/h5-14H,2-4H2,1H3. The van der Waals surface area contributed by atoms with Crippen molar-refractivity contribution < 1.29 is 31.1 Å². The van der Waals surface area contributed by atoms with E-state index in [1.165, 1.54) is 30.3 Å². The van der Waals surface area contributed by atoms with Crippen molar-refractivity contribution in [2.45, 2.75) is 32.3 Å². The predicted molar refractivity (Wildman–Crippen MR) is 157 cm³/mol. The topological polar surface area (TPSA) is 9.23 Å². The highest BCUT2D eigenvalue weighted by atomic mass is 127. The summed E-state index contributed by atoms with van der Waals surface area (Å²) in [4.78, 5) is 0. The zero-order chi connectivity index (χ0) is 28.5. The smallest absolute Gasteiger partial charge is 0.429 e. The Morgan fingerprint density at radius 3 is 1.95 bits per heavy atom. The molecule has 0 fully saturated rings. The van der Waals surface area contributed by atoms with E-state index in [0.29, 0.717) is 25.7 Å². The SMILES string of the molecule is CCCCc1ccc(-c2cc(F)c(-c3cc(F)c(C(F)(F)Oc4cc(I)cc(I)c4)c(F)c3)c(Cl)c2)c(F)c1. The van der Waals surface area contributed by atoms with Gasteiger partial charge in [-0.05, 0) is 123 Å². The Hall–Kier alpha value is -1.99. The number of ether oxygens (including phenoxy) is 1. The first kappa shape index (κ1) is 30.0. The average molecular weight is 787 g/mol. The van der Waals surface area contributed by atoms with Crippen LogP contribution in [0.25, 0.3) is 22.3 Å². The van der Waals surface area contributed by atoms with Crippen molar-refractivity contribution in [3.63, 3.8) is 0 Å². The Labute approximate surface area is 253 Å². The Morgan fingerprint density at radius 1 is 0.769 bits per heavy atom. The number of hydrogen-bond acceptors (Lipinski definition) is 1. The first-order chi connectivity index (χ1) is 18.4. The molecule has 0 amide bonds. The second kappa shape index (κ2) is 12.3. The van der Waals surface area contributed by atoms with Crippen molar-refractivity contribution in [3.8, 4) is 28.0 Å². The van der Waals surface area contributed by atoms with Crippen LogP contribution in [0.3, 0.4) is 0 Å². The van der Waals surface area contributed by atoms with Crippen LogP contribution in [0, 0.1) is 30.4 Å². The highest BCUT2D eigenvalue weighted by Crippen LogP contribution is 2.41. The highest BCUT2D eigenvalue weighted by Gasteiger charge is 2.41. The van der Waals surface area contributed by atoms with Crippen LogP contribution in [0.15, 0.2) is 60.7 Å². The van der Waals surface area contributed by atoms with Gasteiger partial charge < -0.3 is 4.74 Å². The van der Waals surface area contributed by atoms with Crippen molar-refractivity contribution in [1.82, 2.24) is 0 Å². The van der Waals surface area contributed by atoms with Gasteiger partial charge in [0.05, 0.1) is 5.02 Å². The molecule has 0 bridgehead atoms. The average Bonchev–Trinajstić information content (AvgIpc) is 2.80. The molecule has 0 atom stereocenters. The summed E-state index contributed by atoms with van der Waals surface area (Å²) >= 11 is 10.0. The van der Waals surface area contributed by atoms with E-state index in [4.69, 9.17) is 11.6 Å². The van der Waals surface area contributed by atoms with E-state index in [1.807, 2.05) is 52.1 Å². The van der Waals surface area contributed by atoms with Crippen molar-refractivity contribution >= 4 is 56.8 Å². The molecule has 0 aromatic heterocycles. The van der Waals surface area contributed by atoms with Crippen molar-refractivity contribution in [1.29, 1.82) is 0 Å². The third-order valence-corrected chi connectivity index (χ3v) is 7.45. The van der Waals surface area contributed by atoms with E-state index in [0.717, 1.165) is 24.5 Å². The molecule has 0 saturated heterocycles. The van der Waals surface area contributed by atoms with Gasteiger partial charge in [0, 0.05) is 18.3 Å². The minimum absolute atomic E-state index is 0.0948. The second-order valence-electron chi connectivity index (χ2n) is 8.77. The first-order valence-corrected chi connectivity index (χ1v) is 14.2. The molecule has 0 aliphatic heterocycles. The summed E-state index contributed by atoms with van der Waals surface area (Å²) < 4.78 is 95.3. The number of hydrogen-bond donors (Lipinski definition) is 0. The Morgan fingerprint density at radius 2 is 1.38 bits per heavy atom. The van der Waals surface area contributed by atoms with Gasteiger partial charge in [0.2, 0.25) is 0 Å². The molecule has 4 aromatic carbocycles.